The van der Waals surface area contributed by atoms with Crippen molar-refractivity contribution in [3.05, 3.63) is 65.5 Å². The monoisotopic (exact) mass is 434 g/mol. The highest BCUT2D eigenvalue weighted by atomic mass is 19.1. The van der Waals surface area contributed by atoms with Crippen LogP contribution >= 0.6 is 0 Å². The number of benzene rings is 2. The van der Waals surface area contributed by atoms with Crippen molar-refractivity contribution < 1.29 is 27.5 Å². The first kappa shape index (κ1) is 22.7. The number of hydrogen-bond acceptors (Lipinski definition) is 3. The van der Waals surface area contributed by atoms with Crippen molar-refractivity contribution in [2.75, 3.05) is 13.1 Å². The van der Waals surface area contributed by atoms with Gasteiger partial charge in [-0.2, -0.15) is 0 Å². The highest BCUT2D eigenvalue weighted by molar-refractivity contribution is 5.97. The molecule has 1 saturated heterocycles. The Hall–Kier alpha value is -3.03. The largest absolute Gasteiger partial charge is 0.487 e. The molecule has 3 rings (SSSR count). The number of hydrogen-bond donors (Lipinski definition) is 1. The van der Waals surface area contributed by atoms with Gasteiger partial charge in [-0.25, -0.2) is 13.2 Å². The lowest BCUT2D eigenvalue weighted by molar-refractivity contribution is -0.136. The smallest absolute Gasteiger partial charge is 0.254 e. The van der Waals surface area contributed by atoms with E-state index in [0.717, 1.165) is 12.1 Å². The van der Waals surface area contributed by atoms with E-state index >= 15 is 0 Å². The fourth-order valence-electron chi connectivity index (χ4n) is 3.52. The minimum absolute atomic E-state index is 0.0246. The first-order valence-corrected chi connectivity index (χ1v) is 10.2. The highest BCUT2D eigenvalue weighted by Crippen LogP contribution is 2.23. The molecule has 0 bridgehead atoms. The minimum Gasteiger partial charge on any atom is -0.487 e. The fourth-order valence-corrected chi connectivity index (χ4v) is 3.52. The number of carbonyl (C=O) groups excluding carboxylic acids is 2. The molecule has 0 spiro atoms. The number of ether oxygens (including phenoxy) is 1. The molecule has 1 fully saturated rings. The molecule has 166 valence electrons. The number of nitrogens with zero attached hydrogens (tertiary/aromatic N) is 1. The fraction of sp³-hybridized carbons (Fsp3) is 0.391. The molecule has 2 amide bonds. The number of likely N-dealkylation sites (tertiary alicyclic amines) is 1. The van der Waals surface area contributed by atoms with Gasteiger partial charge in [0.25, 0.3) is 5.91 Å². The number of nitrogens with one attached hydrogen (secondary N) is 1. The van der Waals surface area contributed by atoms with Crippen molar-refractivity contribution in [3.63, 3.8) is 0 Å². The van der Waals surface area contributed by atoms with Crippen LogP contribution in [0.1, 0.15) is 37.0 Å². The third-order valence-electron chi connectivity index (χ3n) is 5.28. The second kappa shape index (κ2) is 9.85. The van der Waals surface area contributed by atoms with Crippen molar-refractivity contribution in [1.29, 1.82) is 0 Å². The van der Waals surface area contributed by atoms with E-state index in [-0.39, 0.29) is 29.2 Å². The Kier molecular flexibility index (Phi) is 7.20. The zero-order chi connectivity index (χ0) is 22.5. The highest BCUT2D eigenvalue weighted by Gasteiger charge is 2.32. The number of carbonyl (C=O) groups is 2. The molecule has 1 aliphatic heterocycles. The lowest BCUT2D eigenvalue weighted by Gasteiger charge is -2.35. The molecule has 31 heavy (non-hydrogen) atoms. The third kappa shape index (κ3) is 5.57. The summed E-state index contributed by atoms with van der Waals surface area (Å²) in [7, 11) is 0. The molecule has 1 heterocycles. The maximum absolute atomic E-state index is 13.9. The summed E-state index contributed by atoms with van der Waals surface area (Å²) in [4.78, 5) is 27.1. The SMILES string of the molecule is CC(C)C(NC(=O)c1ccccc1F)C(=O)N1CCC(Oc2ccc(F)cc2F)CC1. The number of amides is 2. The quantitative estimate of drug-likeness (QED) is 0.750. The van der Waals surface area contributed by atoms with Gasteiger partial charge < -0.3 is 15.0 Å². The molecular formula is C23H25F3N2O3. The van der Waals surface area contributed by atoms with Crippen molar-refractivity contribution in [1.82, 2.24) is 10.2 Å². The Labute approximate surface area is 179 Å². The molecular weight excluding hydrogens is 409 g/mol. The van der Waals surface area contributed by atoms with Crippen LogP contribution in [0.15, 0.2) is 42.5 Å². The van der Waals surface area contributed by atoms with Crippen LogP contribution in [0.5, 0.6) is 5.75 Å². The van der Waals surface area contributed by atoms with Gasteiger partial charge in [-0.3, -0.25) is 9.59 Å². The summed E-state index contributed by atoms with van der Waals surface area (Å²) in [5, 5.41) is 2.65. The topological polar surface area (TPSA) is 58.6 Å². The molecule has 0 radical (unpaired) electrons. The standard InChI is InChI=1S/C23H25F3N2O3/c1-14(2)21(27-22(29)17-5-3-4-6-18(17)25)23(30)28-11-9-16(10-12-28)31-20-8-7-15(24)13-19(20)26/h3-8,13-14,16,21H,9-12H2,1-2H3,(H,27,29). The normalized spacial score (nSPS) is 15.6. The van der Waals surface area contributed by atoms with Crippen LogP contribution in [0.4, 0.5) is 13.2 Å². The molecule has 0 aliphatic carbocycles. The molecule has 5 nitrogen and oxygen atoms in total. The van der Waals surface area contributed by atoms with Gasteiger partial charge in [0, 0.05) is 32.0 Å². The Morgan fingerprint density at radius 2 is 1.71 bits per heavy atom. The Morgan fingerprint density at radius 3 is 2.32 bits per heavy atom. The van der Waals surface area contributed by atoms with Crippen LogP contribution in [-0.2, 0) is 4.79 Å². The summed E-state index contributed by atoms with van der Waals surface area (Å²) in [6.07, 6.45) is 0.623. The molecule has 1 aliphatic rings. The van der Waals surface area contributed by atoms with E-state index in [1.165, 1.54) is 24.3 Å². The van der Waals surface area contributed by atoms with Crippen LogP contribution in [-0.4, -0.2) is 41.9 Å². The van der Waals surface area contributed by atoms with Crippen LogP contribution in [0.2, 0.25) is 0 Å². The van der Waals surface area contributed by atoms with E-state index in [0.29, 0.717) is 25.9 Å². The average molecular weight is 434 g/mol. The Bertz CT molecular complexity index is 943. The van der Waals surface area contributed by atoms with Crippen LogP contribution < -0.4 is 10.1 Å². The predicted octanol–water partition coefficient (Wildman–Crippen LogP) is 3.93. The summed E-state index contributed by atoms with van der Waals surface area (Å²) in [6.45, 7) is 4.34. The van der Waals surface area contributed by atoms with E-state index in [1.807, 2.05) is 0 Å². The number of halogens is 3. The van der Waals surface area contributed by atoms with Crippen molar-refractivity contribution in [3.8, 4) is 5.75 Å². The molecule has 8 heteroatoms. The van der Waals surface area contributed by atoms with Crippen molar-refractivity contribution in [2.24, 2.45) is 5.92 Å². The van der Waals surface area contributed by atoms with E-state index < -0.39 is 29.4 Å². The summed E-state index contributed by atoms with van der Waals surface area (Å²) < 4.78 is 46.4. The van der Waals surface area contributed by atoms with Gasteiger partial charge in [0.2, 0.25) is 5.91 Å². The predicted molar refractivity (Wildman–Crippen MR) is 109 cm³/mol. The van der Waals surface area contributed by atoms with Gasteiger partial charge in [0.05, 0.1) is 5.56 Å². The van der Waals surface area contributed by atoms with Gasteiger partial charge in [-0.05, 0) is 30.2 Å². The molecule has 0 aromatic heterocycles. The van der Waals surface area contributed by atoms with Crippen LogP contribution in [0, 0.1) is 23.4 Å². The first-order valence-electron chi connectivity index (χ1n) is 10.2. The summed E-state index contributed by atoms with van der Waals surface area (Å²) >= 11 is 0. The second-order valence-electron chi connectivity index (χ2n) is 7.89. The molecule has 1 N–H and O–H groups in total. The first-order chi connectivity index (χ1) is 14.8. The lowest BCUT2D eigenvalue weighted by Crippen LogP contribution is -2.53. The summed E-state index contributed by atoms with van der Waals surface area (Å²) in [5.74, 6) is -3.23. The van der Waals surface area contributed by atoms with Gasteiger partial charge in [-0.15, -0.1) is 0 Å². The van der Waals surface area contributed by atoms with E-state index in [9.17, 15) is 22.8 Å². The molecule has 1 atom stereocenters. The minimum atomic E-state index is -0.806. The summed E-state index contributed by atoms with van der Waals surface area (Å²) in [6, 6.07) is 7.93. The van der Waals surface area contributed by atoms with E-state index in [4.69, 9.17) is 4.74 Å². The van der Waals surface area contributed by atoms with Crippen LogP contribution in [0.25, 0.3) is 0 Å². The average Bonchev–Trinajstić information content (AvgIpc) is 2.74. The number of rotatable bonds is 6. The maximum Gasteiger partial charge on any atom is 0.254 e. The van der Waals surface area contributed by atoms with E-state index in [1.54, 1.807) is 24.8 Å². The molecule has 1 unspecified atom stereocenters. The second-order valence-corrected chi connectivity index (χ2v) is 7.89. The molecule has 2 aromatic rings. The Balaban J connectivity index is 1.59. The third-order valence-corrected chi connectivity index (χ3v) is 5.28. The van der Waals surface area contributed by atoms with Crippen molar-refractivity contribution >= 4 is 11.8 Å². The molecule has 2 aromatic carbocycles. The van der Waals surface area contributed by atoms with Gasteiger partial charge >= 0.3 is 0 Å². The van der Waals surface area contributed by atoms with E-state index in [2.05, 4.69) is 5.32 Å². The Morgan fingerprint density at radius 1 is 1.03 bits per heavy atom. The number of piperidine rings is 1. The zero-order valence-corrected chi connectivity index (χ0v) is 17.4. The van der Waals surface area contributed by atoms with Crippen molar-refractivity contribution in [2.45, 2.75) is 38.8 Å². The van der Waals surface area contributed by atoms with Crippen LogP contribution in [0.3, 0.4) is 0 Å². The zero-order valence-electron chi connectivity index (χ0n) is 17.4. The van der Waals surface area contributed by atoms with Gasteiger partial charge in [-0.1, -0.05) is 26.0 Å². The van der Waals surface area contributed by atoms with Gasteiger partial charge in [0.15, 0.2) is 11.6 Å². The van der Waals surface area contributed by atoms with Gasteiger partial charge in [0.1, 0.15) is 23.8 Å². The molecule has 0 saturated carbocycles. The summed E-state index contributed by atoms with van der Waals surface area (Å²) in [5.41, 5.74) is -0.116. The maximum atomic E-state index is 13.9. The lowest BCUT2D eigenvalue weighted by atomic mass is 9.99.